The summed E-state index contributed by atoms with van der Waals surface area (Å²) in [6, 6.07) is 8.24. The van der Waals surface area contributed by atoms with Gasteiger partial charge in [0.05, 0.1) is 7.11 Å². The van der Waals surface area contributed by atoms with Crippen LogP contribution >= 0.6 is 11.6 Å². The average Bonchev–Trinajstić information content (AvgIpc) is 3.21. The Balaban J connectivity index is 1.56. The van der Waals surface area contributed by atoms with Gasteiger partial charge in [-0.3, -0.25) is 0 Å². The third-order valence-corrected chi connectivity index (χ3v) is 4.45. The van der Waals surface area contributed by atoms with Gasteiger partial charge < -0.3 is 9.26 Å². The molecule has 2 heterocycles. The normalized spacial score (nSPS) is 19.3. The molecule has 0 radical (unpaired) electrons. The molecule has 1 aliphatic carbocycles. The number of methoxy groups -OCH3 is 1. The highest BCUT2D eigenvalue weighted by atomic mass is 35.5. The smallest absolute Gasteiger partial charge is 0.230 e. The molecule has 0 bridgehead atoms. The van der Waals surface area contributed by atoms with E-state index in [0.29, 0.717) is 28.2 Å². The van der Waals surface area contributed by atoms with Crippen molar-refractivity contribution in [3.05, 3.63) is 58.8 Å². The zero-order chi connectivity index (χ0) is 16.7. The third-order valence-electron chi connectivity index (χ3n) is 4.12. The minimum Gasteiger partial charge on any atom is -0.481 e. The molecule has 122 valence electrons. The summed E-state index contributed by atoms with van der Waals surface area (Å²) in [6.45, 7) is 0. The fraction of sp³-hybridized carbons (Fsp3) is 0.235. The van der Waals surface area contributed by atoms with Crippen LogP contribution in [0.25, 0.3) is 11.4 Å². The van der Waals surface area contributed by atoms with Crippen LogP contribution in [0.3, 0.4) is 0 Å². The summed E-state index contributed by atoms with van der Waals surface area (Å²) < 4.78 is 24.4. The van der Waals surface area contributed by atoms with Gasteiger partial charge in [-0.25, -0.2) is 9.37 Å². The van der Waals surface area contributed by atoms with E-state index in [2.05, 4.69) is 15.1 Å². The van der Waals surface area contributed by atoms with Crippen LogP contribution in [0.1, 0.15) is 29.7 Å². The predicted molar refractivity (Wildman–Crippen MR) is 85.6 cm³/mol. The molecule has 0 unspecified atom stereocenters. The second-order valence-corrected chi connectivity index (χ2v) is 6.04. The van der Waals surface area contributed by atoms with E-state index in [9.17, 15) is 4.39 Å². The molecule has 4 rings (SSSR count). The number of hydrogen-bond acceptors (Lipinski definition) is 5. The van der Waals surface area contributed by atoms with Gasteiger partial charge in [0.2, 0.25) is 17.6 Å². The summed E-state index contributed by atoms with van der Waals surface area (Å²) in [4.78, 5) is 8.53. The van der Waals surface area contributed by atoms with E-state index in [1.165, 1.54) is 6.07 Å². The van der Waals surface area contributed by atoms with Gasteiger partial charge in [0.15, 0.2) is 0 Å². The van der Waals surface area contributed by atoms with Gasteiger partial charge in [-0.2, -0.15) is 4.98 Å². The molecule has 0 aliphatic heterocycles. The van der Waals surface area contributed by atoms with Crippen LogP contribution in [0.2, 0.25) is 5.02 Å². The second-order valence-electron chi connectivity index (χ2n) is 5.63. The summed E-state index contributed by atoms with van der Waals surface area (Å²) in [5.74, 6) is 1.12. The van der Waals surface area contributed by atoms with Gasteiger partial charge in [-0.15, -0.1) is 0 Å². The van der Waals surface area contributed by atoms with Crippen LogP contribution in [0.15, 0.2) is 41.1 Å². The van der Waals surface area contributed by atoms with Crippen molar-refractivity contribution in [2.75, 3.05) is 7.11 Å². The molecule has 0 N–H and O–H groups in total. The van der Waals surface area contributed by atoms with E-state index in [-0.39, 0.29) is 17.7 Å². The molecular formula is C17H13ClFN3O2. The fourth-order valence-electron chi connectivity index (χ4n) is 2.79. The topological polar surface area (TPSA) is 61.0 Å². The predicted octanol–water partition coefficient (Wildman–Crippen LogP) is 4.20. The summed E-state index contributed by atoms with van der Waals surface area (Å²) >= 11 is 6.12. The highest BCUT2D eigenvalue weighted by molar-refractivity contribution is 6.31. The number of pyridine rings is 1. The first-order valence-corrected chi connectivity index (χ1v) is 7.83. The van der Waals surface area contributed by atoms with E-state index < -0.39 is 0 Å². The number of rotatable bonds is 4. The van der Waals surface area contributed by atoms with E-state index in [0.717, 1.165) is 12.0 Å². The van der Waals surface area contributed by atoms with Crippen molar-refractivity contribution in [3.63, 3.8) is 0 Å². The Morgan fingerprint density at radius 2 is 2.12 bits per heavy atom. The van der Waals surface area contributed by atoms with Crippen LogP contribution in [-0.2, 0) is 0 Å². The van der Waals surface area contributed by atoms with Gasteiger partial charge in [-0.1, -0.05) is 22.8 Å². The molecule has 1 saturated carbocycles. The second kappa shape index (κ2) is 5.87. The summed E-state index contributed by atoms with van der Waals surface area (Å²) in [5.41, 5.74) is 1.25. The Labute approximate surface area is 142 Å². The van der Waals surface area contributed by atoms with Gasteiger partial charge in [0.1, 0.15) is 5.82 Å². The minimum absolute atomic E-state index is 0.00754. The molecule has 2 aromatic heterocycles. The zero-order valence-electron chi connectivity index (χ0n) is 12.7. The van der Waals surface area contributed by atoms with Gasteiger partial charge >= 0.3 is 0 Å². The van der Waals surface area contributed by atoms with E-state index >= 15 is 0 Å². The lowest BCUT2D eigenvalue weighted by molar-refractivity contribution is 0.378. The Bertz CT molecular complexity index is 862. The molecule has 1 fully saturated rings. The summed E-state index contributed by atoms with van der Waals surface area (Å²) in [5, 5.41) is 4.41. The third kappa shape index (κ3) is 2.63. The Morgan fingerprint density at radius 1 is 1.25 bits per heavy atom. The SMILES string of the molecule is COc1ccc(-c2noc([C@H]3C[C@H]3c3c(F)cccc3Cl)n2)cn1. The van der Waals surface area contributed by atoms with Crippen molar-refractivity contribution in [3.8, 4) is 17.3 Å². The lowest BCUT2D eigenvalue weighted by atomic mass is 10.1. The van der Waals surface area contributed by atoms with Gasteiger partial charge in [-0.05, 0) is 24.6 Å². The highest BCUT2D eigenvalue weighted by Gasteiger charge is 2.46. The quantitative estimate of drug-likeness (QED) is 0.709. The van der Waals surface area contributed by atoms with Gasteiger partial charge in [0, 0.05) is 40.2 Å². The molecule has 0 amide bonds. The van der Waals surface area contributed by atoms with E-state index in [1.54, 1.807) is 37.6 Å². The molecular weight excluding hydrogens is 333 g/mol. The Hall–Kier alpha value is -2.47. The first-order valence-electron chi connectivity index (χ1n) is 7.45. The number of benzene rings is 1. The Kier molecular flexibility index (Phi) is 3.69. The first kappa shape index (κ1) is 15.1. The monoisotopic (exact) mass is 345 g/mol. The van der Waals surface area contributed by atoms with Crippen molar-refractivity contribution >= 4 is 11.6 Å². The number of halogens is 2. The maximum atomic E-state index is 14.0. The molecule has 24 heavy (non-hydrogen) atoms. The molecule has 1 aromatic carbocycles. The van der Waals surface area contributed by atoms with Crippen molar-refractivity contribution in [1.82, 2.24) is 15.1 Å². The lowest BCUT2D eigenvalue weighted by Gasteiger charge is -2.03. The molecule has 7 heteroatoms. The Morgan fingerprint density at radius 3 is 2.83 bits per heavy atom. The van der Waals surface area contributed by atoms with Crippen molar-refractivity contribution < 1.29 is 13.7 Å². The van der Waals surface area contributed by atoms with Crippen LogP contribution in [0.4, 0.5) is 4.39 Å². The maximum absolute atomic E-state index is 14.0. The van der Waals surface area contributed by atoms with Crippen LogP contribution in [0, 0.1) is 5.82 Å². The van der Waals surface area contributed by atoms with Crippen LogP contribution in [-0.4, -0.2) is 22.2 Å². The summed E-state index contributed by atoms with van der Waals surface area (Å²) in [6.07, 6.45) is 2.36. The largest absolute Gasteiger partial charge is 0.481 e. The molecule has 0 saturated heterocycles. The minimum atomic E-state index is -0.297. The number of nitrogens with zero attached hydrogens (tertiary/aromatic N) is 3. The van der Waals surface area contributed by atoms with Crippen LogP contribution < -0.4 is 4.74 Å². The lowest BCUT2D eigenvalue weighted by Crippen LogP contribution is -1.91. The van der Waals surface area contributed by atoms with Gasteiger partial charge in [0.25, 0.3) is 0 Å². The molecule has 3 aromatic rings. The molecule has 1 aliphatic rings. The van der Waals surface area contributed by atoms with E-state index in [4.69, 9.17) is 20.9 Å². The van der Waals surface area contributed by atoms with Crippen molar-refractivity contribution in [2.24, 2.45) is 0 Å². The number of hydrogen-bond donors (Lipinski definition) is 0. The highest BCUT2D eigenvalue weighted by Crippen LogP contribution is 2.56. The van der Waals surface area contributed by atoms with E-state index in [1.807, 2.05) is 0 Å². The standard InChI is InChI=1S/C17H13ClFN3O2/c1-23-14-6-5-9(8-20-14)16-21-17(24-22-16)11-7-10(11)15-12(18)3-2-4-13(15)19/h2-6,8,10-11H,7H2,1H3/t10-,11+/m1/s1. The molecule has 0 spiro atoms. The van der Waals surface area contributed by atoms with Crippen molar-refractivity contribution in [1.29, 1.82) is 0 Å². The molecule has 5 nitrogen and oxygen atoms in total. The summed E-state index contributed by atoms with van der Waals surface area (Å²) in [7, 11) is 1.55. The molecule has 2 atom stereocenters. The number of aromatic nitrogens is 3. The van der Waals surface area contributed by atoms with Crippen LogP contribution in [0.5, 0.6) is 5.88 Å². The zero-order valence-corrected chi connectivity index (χ0v) is 13.5. The maximum Gasteiger partial charge on any atom is 0.230 e. The average molecular weight is 346 g/mol. The number of ether oxygens (including phenoxy) is 1. The fourth-order valence-corrected chi connectivity index (χ4v) is 3.09. The first-order chi connectivity index (χ1) is 11.7. The van der Waals surface area contributed by atoms with Crippen molar-refractivity contribution in [2.45, 2.75) is 18.3 Å².